The standard InChI is InChI=1S/C17H27NO/c1-5-12-18-16(17(2,3)4)13-6-8-14(9-7-13)19-15-10-11-15/h6-9,15-16,18H,5,10-12H2,1-4H3. The van der Waals surface area contributed by atoms with Crippen molar-refractivity contribution in [3.8, 4) is 5.75 Å². The van der Waals surface area contributed by atoms with Crippen molar-refractivity contribution in [2.24, 2.45) is 5.41 Å². The van der Waals surface area contributed by atoms with E-state index < -0.39 is 0 Å². The number of hydrogen-bond donors (Lipinski definition) is 1. The average molecular weight is 261 g/mol. The number of hydrogen-bond acceptors (Lipinski definition) is 2. The van der Waals surface area contributed by atoms with Gasteiger partial charge in [0.25, 0.3) is 0 Å². The Morgan fingerprint density at radius 1 is 1.21 bits per heavy atom. The van der Waals surface area contributed by atoms with Crippen molar-refractivity contribution >= 4 is 0 Å². The minimum atomic E-state index is 0.216. The van der Waals surface area contributed by atoms with E-state index in [4.69, 9.17) is 4.74 Å². The summed E-state index contributed by atoms with van der Waals surface area (Å²) in [6.45, 7) is 10.1. The first kappa shape index (κ1) is 14.4. The highest BCUT2D eigenvalue weighted by Gasteiger charge is 2.26. The predicted molar refractivity (Wildman–Crippen MR) is 80.6 cm³/mol. The number of benzene rings is 1. The largest absolute Gasteiger partial charge is 0.490 e. The Hall–Kier alpha value is -1.02. The van der Waals surface area contributed by atoms with Crippen molar-refractivity contribution in [1.82, 2.24) is 5.32 Å². The molecule has 1 aliphatic carbocycles. The summed E-state index contributed by atoms with van der Waals surface area (Å²) in [6.07, 6.45) is 4.06. The topological polar surface area (TPSA) is 21.3 Å². The fourth-order valence-corrected chi connectivity index (χ4v) is 2.33. The average Bonchev–Trinajstić information content (AvgIpc) is 3.14. The predicted octanol–water partition coefficient (Wildman–Crippen LogP) is 4.31. The summed E-state index contributed by atoms with van der Waals surface area (Å²) in [4.78, 5) is 0. The molecule has 0 aliphatic heterocycles. The van der Waals surface area contributed by atoms with Gasteiger partial charge in [-0.05, 0) is 48.9 Å². The molecule has 0 aromatic heterocycles. The number of rotatable bonds is 6. The van der Waals surface area contributed by atoms with Crippen LogP contribution in [0.1, 0.15) is 58.6 Å². The molecule has 0 amide bonds. The van der Waals surface area contributed by atoms with Gasteiger partial charge in [-0.3, -0.25) is 0 Å². The smallest absolute Gasteiger partial charge is 0.119 e. The summed E-state index contributed by atoms with van der Waals surface area (Å²) in [5, 5.41) is 3.66. The molecule has 19 heavy (non-hydrogen) atoms. The van der Waals surface area contributed by atoms with Gasteiger partial charge in [0.2, 0.25) is 0 Å². The molecule has 1 aromatic rings. The molecule has 106 valence electrons. The van der Waals surface area contributed by atoms with Gasteiger partial charge in [0.05, 0.1) is 6.10 Å². The minimum absolute atomic E-state index is 0.216. The zero-order chi connectivity index (χ0) is 13.9. The molecule has 0 bridgehead atoms. The summed E-state index contributed by atoms with van der Waals surface area (Å²) in [7, 11) is 0. The molecule has 1 atom stereocenters. The third kappa shape index (κ3) is 4.24. The molecular formula is C17H27NO. The lowest BCUT2D eigenvalue weighted by molar-refractivity contribution is 0.272. The van der Waals surface area contributed by atoms with E-state index in [0.29, 0.717) is 12.1 Å². The van der Waals surface area contributed by atoms with E-state index in [2.05, 4.69) is 57.3 Å². The van der Waals surface area contributed by atoms with Gasteiger partial charge in [-0.15, -0.1) is 0 Å². The second kappa shape index (κ2) is 5.96. The lowest BCUT2D eigenvalue weighted by atomic mass is 9.82. The Bertz CT molecular complexity index is 387. The number of ether oxygens (including phenoxy) is 1. The van der Waals surface area contributed by atoms with E-state index >= 15 is 0 Å². The molecule has 0 spiro atoms. The summed E-state index contributed by atoms with van der Waals surface area (Å²) in [5.74, 6) is 1.01. The number of nitrogens with one attached hydrogen (secondary N) is 1. The maximum atomic E-state index is 5.81. The maximum absolute atomic E-state index is 5.81. The highest BCUT2D eigenvalue weighted by molar-refractivity contribution is 5.30. The van der Waals surface area contributed by atoms with E-state index in [1.165, 1.54) is 18.4 Å². The summed E-state index contributed by atoms with van der Waals surface area (Å²) < 4.78 is 5.81. The SMILES string of the molecule is CCCNC(c1ccc(OC2CC2)cc1)C(C)(C)C. The second-order valence-electron chi connectivity index (χ2n) is 6.64. The van der Waals surface area contributed by atoms with Gasteiger partial charge in [0, 0.05) is 6.04 Å². The molecule has 0 saturated heterocycles. The Labute approximate surface area is 117 Å². The van der Waals surface area contributed by atoms with Crippen LogP contribution in [0.25, 0.3) is 0 Å². The van der Waals surface area contributed by atoms with Gasteiger partial charge in [0.15, 0.2) is 0 Å². The van der Waals surface area contributed by atoms with Gasteiger partial charge in [-0.2, -0.15) is 0 Å². The third-order valence-electron chi connectivity index (χ3n) is 3.51. The molecule has 1 aliphatic rings. The molecule has 0 radical (unpaired) electrons. The van der Waals surface area contributed by atoms with Crippen LogP contribution in [-0.2, 0) is 0 Å². The van der Waals surface area contributed by atoms with Crippen LogP contribution in [0.3, 0.4) is 0 Å². The van der Waals surface area contributed by atoms with Gasteiger partial charge < -0.3 is 10.1 Å². The zero-order valence-corrected chi connectivity index (χ0v) is 12.7. The molecule has 0 heterocycles. The third-order valence-corrected chi connectivity index (χ3v) is 3.51. The van der Waals surface area contributed by atoms with E-state index in [1.54, 1.807) is 0 Å². The fraction of sp³-hybridized carbons (Fsp3) is 0.647. The Kier molecular flexibility index (Phi) is 4.51. The van der Waals surface area contributed by atoms with Crippen LogP contribution in [0.15, 0.2) is 24.3 Å². The van der Waals surface area contributed by atoms with Gasteiger partial charge >= 0.3 is 0 Å². The van der Waals surface area contributed by atoms with Crippen LogP contribution in [0.2, 0.25) is 0 Å². The highest BCUT2D eigenvalue weighted by Crippen LogP contribution is 2.34. The maximum Gasteiger partial charge on any atom is 0.119 e. The summed E-state index contributed by atoms with van der Waals surface area (Å²) in [5.41, 5.74) is 1.57. The minimum Gasteiger partial charge on any atom is -0.490 e. The first-order chi connectivity index (χ1) is 9.00. The van der Waals surface area contributed by atoms with Crippen molar-refractivity contribution in [1.29, 1.82) is 0 Å². The fourth-order valence-electron chi connectivity index (χ4n) is 2.33. The first-order valence-electron chi connectivity index (χ1n) is 7.50. The van der Waals surface area contributed by atoms with Crippen molar-refractivity contribution in [2.45, 2.75) is 59.1 Å². The van der Waals surface area contributed by atoms with Crippen molar-refractivity contribution in [3.63, 3.8) is 0 Å². The summed E-state index contributed by atoms with van der Waals surface area (Å²) >= 11 is 0. The molecule has 1 N–H and O–H groups in total. The van der Waals surface area contributed by atoms with Crippen molar-refractivity contribution in [3.05, 3.63) is 29.8 Å². The molecule has 1 saturated carbocycles. The monoisotopic (exact) mass is 261 g/mol. The van der Waals surface area contributed by atoms with Crippen LogP contribution < -0.4 is 10.1 Å². The van der Waals surface area contributed by atoms with Crippen LogP contribution in [0, 0.1) is 5.41 Å². The Morgan fingerprint density at radius 2 is 1.84 bits per heavy atom. The van der Waals surface area contributed by atoms with Crippen LogP contribution in [-0.4, -0.2) is 12.6 Å². The highest BCUT2D eigenvalue weighted by atomic mass is 16.5. The molecule has 2 nitrogen and oxygen atoms in total. The van der Waals surface area contributed by atoms with E-state index in [9.17, 15) is 0 Å². The zero-order valence-electron chi connectivity index (χ0n) is 12.7. The molecule has 1 unspecified atom stereocenters. The Morgan fingerprint density at radius 3 is 2.32 bits per heavy atom. The summed E-state index contributed by atoms with van der Waals surface area (Å²) in [6, 6.07) is 9.02. The Balaban J connectivity index is 2.06. The quantitative estimate of drug-likeness (QED) is 0.823. The molecule has 2 rings (SSSR count). The van der Waals surface area contributed by atoms with E-state index in [0.717, 1.165) is 18.7 Å². The van der Waals surface area contributed by atoms with Gasteiger partial charge in [-0.25, -0.2) is 0 Å². The normalized spacial score (nSPS) is 17.3. The molecule has 2 heteroatoms. The first-order valence-corrected chi connectivity index (χ1v) is 7.50. The van der Waals surface area contributed by atoms with E-state index in [1.807, 2.05) is 0 Å². The second-order valence-corrected chi connectivity index (χ2v) is 6.64. The van der Waals surface area contributed by atoms with Gasteiger partial charge in [-0.1, -0.05) is 39.8 Å². The van der Waals surface area contributed by atoms with Crippen LogP contribution >= 0.6 is 0 Å². The van der Waals surface area contributed by atoms with Crippen molar-refractivity contribution in [2.75, 3.05) is 6.54 Å². The molecule has 1 fully saturated rings. The van der Waals surface area contributed by atoms with Crippen LogP contribution in [0.5, 0.6) is 5.75 Å². The molecule has 1 aromatic carbocycles. The van der Waals surface area contributed by atoms with Gasteiger partial charge in [0.1, 0.15) is 5.75 Å². The van der Waals surface area contributed by atoms with E-state index in [-0.39, 0.29) is 5.41 Å². The molecular weight excluding hydrogens is 234 g/mol. The lowest BCUT2D eigenvalue weighted by Crippen LogP contribution is -2.32. The van der Waals surface area contributed by atoms with Crippen molar-refractivity contribution < 1.29 is 4.74 Å². The van der Waals surface area contributed by atoms with Crippen LogP contribution in [0.4, 0.5) is 0 Å². The lowest BCUT2D eigenvalue weighted by Gasteiger charge is -2.32.